The Morgan fingerprint density at radius 1 is 1.30 bits per heavy atom. The maximum atomic E-state index is 11.8. The molecule has 2 aromatic rings. The summed E-state index contributed by atoms with van der Waals surface area (Å²) in [5.74, 6) is -0.374. The molecule has 0 aliphatic heterocycles. The van der Waals surface area contributed by atoms with Crippen molar-refractivity contribution < 1.29 is 4.79 Å². The molecule has 0 bridgehead atoms. The molecule has 1 amide bonds. The van der Waals surface area contributed by atoms with Gasteiger partial charge in [-0.1, -0.05) is 11.6 Å². The van der Waals surface area contributed by atoms with Gasteiger partial charge in [-0.15, -0.1) is 0 Å². The van der Waals surface area contributed by atoms with E-state index in [9.17, 15) is 14.4 Å². The number of benzene rings is 1. The number of aromatic nitrogens is 2. The van der Waals surface area contributed by atoms with E-state index in [0.29, 0.717) is 16.3 Å². The van der Waals surface area contributed by atoms with Gasteiger partial charge in [0.05, 0.1) is 0 Å². The number of hydrogen-bond acceptors (Lipinski definition) is 3. The fourth-order valence-electron chi connectivity index (χ4n) is 1.62. The molecule has 7 heteroatoms. The number of aryl methyl sites for hydroxylation is 1. The number of hydrogen-bond donors (Lipinski definition) is 2. The Morgan fingerprint density at radius 2 is 1.95 bits per heavy atom. The van der Waals surface area contributed by atoms with Crippen LogP contribution in [-0.2, 0) is 11.3 Å². The summed E-state index contributed by atoms with van der Waals surface area (Å²) < 4.78 is 1.14. The topological polar surface area (TPSA) is 84.0 Å². The number of nitrogens with zero attached hydrogens (tertiary/aromatic N) is 1. The van der Waals surface area contributed by atoms with Crippen LogP contribution in [0.5, 0.6) is 0 Å². The van der Waals surface area contributed by atoms with Gasteiger partial charge in [-0.05, 0) is 31.2 Å². The van der Waals surface area contributed by atoms with Gasteiger partial charge in [0.2, 0.25) is 5.91 Å². The minimum atomic E-state index is -0.619. The van der Waals surface area contributed by atoms with Crippen LogP contribution in [-0.4, -0.2) is 15.5 Å². The molecule has 6 nitrogen and oxygen atoms in total. The van der Waals surface area contributed by atoms with Crippen LogP contribution in [0.2, 0.25) is 5.02 Å². The largest absolute Gasteiger partial charge is 0.328 e. The molecule has 1 heterocycles. The molecule has 0 radical (unpaired) electrons. The van der Waals surface area contributed by atoms with Gasteiger partial charge >= 0.3 is 5.69 Å². The maximum absolute atomic E-state index is 11.8. The molecule has 2 N–H and O–H groups in total. The lowest BCUT2D eigenvalue weighted by atomic mass is 10.3. The number of aromatic amines is 1. The highest BCUT2D eigenvalue weighted by molar-refractivity contribution is 6.30. The van der Waals surface area contributed by atoms with Crippen molar-refractivity contribution in [2.45, 2.75) is 13.5 Å². The summed E-state index contributed by atoms with van der Waals surface area (Å²) in [5, 5.41) is 3.19. The van der Waals surface area contributed by atoms with Gasteiger partial charge in [0.15, 0.2) is 0 Å². The van der Waals surface area contributed by atoms with Gasteiger partial charge in [-0.25, -0.2) is 4.79 Å². The van der Waals surface area contributed by atoms with Crippen molar-refractivity contribution in [3.8, 4) is 0 Å². The van der Waals surface area contributed by atoms with E-state index >= 15 is 0 Å². The van der Waals surface area contributed by atoms with Crippen LogP contribution < -0.4 is 16.6 Å². The third-order valence-electron chi connectivity index (χ3n) is 2.63. The van der Waals surface area contributed by atoms with Gasteiger partial charge in [0.1, 0.15) is 6.54 Å². The summed E-state index contributed by atoms with van der Waals surface area (Å²) in [6.07, 6.45) is 1.35. The molecular weight excluding hydrogens is 282 g/mol. The van der Waals surface area contributed by atoms with Gasteiger partial charge in [-0.2, -0.15) is 0 Å². The van der Waals surface area contributed by atoms with E-state index in [2.05, 4.69) is 10.3 Å². The molecule has 1 aromatic heterocycles. The predicted octanol–water partition coefficient (Wildman–Crippen LogP) is 1.14. The SMILES string of the molecule is Cc1cn(CC(=O)Nc2ccc(Cl)cc2)c(=O)[nH]c1=O. The van der Waals surface area contributed by atoms with Crippen LogP contribution in [0, 0.1) is 6.92 Å². The summed E-state index contributed by atoms with van der Waals surface area (Å²) in [6, 6.07) is 6.60. The second-order valence-corrected chi connectivity index (χ2v) is 4.69. The van der Waals surface area contributed by atoms with E-state index < -0.39 is 11.2 Å². The van der Waals surface area contributed by atoms with E-state index in [1.165, 1.54) is 6.20 Å². The van der Waals surface area contributed by atoms with Crippen molar-refractivity contribution >= 4 is 23.2 Å². The van der Waals surface area contributed by atoms with E-state index in [1.807, 2.05) is 0 Å². The van der Waals surface area contributed by atoms with Crippen molar-refractivity contribution in [1.82, 2.24) is 9.55 Å². The predicted molar refractivity (Wildman–Crippen MR) is 76.1 cm³/mol. The second kappa shape index (κ2) is 5.75. The average molecular weight is 294 g/mol. The number of amides is 1. The van der Waals surface area contributed by atoms with Crippen molar-refractivity contribution in [1.29, 1.82) is 0 Å². The Balaban J connectivity index is 2.12. The van der Waals surface area contributed by atoms with Crippen LogP contribution in [0.25, 0.3) is 0 Å². The number of rotatable bonds is 3. The lowest BCUT2D eigenvalue weighted by molar-refractivity contribution is -0.116. The first-order valence-electron chi connectivity index (χ1n) is 5.81. The van der Waals surface area contributed by atoms with E-state index in [4.69, 9.17) is 11.6 Å². The molecule has 1 aromatic carbocycles. The van der Waals surface area contributed by atoms with E-state index in [-0.39, 0.29) is 12.5 Å². The van der Waals surface area contributed by atoms with E-state index in [1.54, 1.807) is 31.2 Å². The van der Waals surface area contributed by atoms with Crippen LogP contribution in [0.15, 0.2) is 40.1 Å². The molecule has 20 heavy (non-hydrogen) atoms. The maximum Gasteiger partial charge on any atom is 0.328 e. The standard InChI is InChI=1S/C13H12ClN3O3/c1-8-6-17(13(20)16-12(8)19)7-11(18)15-10-4-2-9(14)3-5-10/h2-6H,7H2,1H3,(H,15,18)(H,16,19,20). The highest BCUT2D eigenvalue weighted by atomic mass is 35.5. The van der Waals surface area contributed by atoms with Crippen LogP contribution in [0.1, 0.15) is 5.56 Å². The Morgan fingerprint density at radius 3 is 2.60 bits per heavy atom. The lowest BCUT2D eigenvalue weighted by Crippen LogP contribution is -2.34. The van der Waals surface area contributed by atoms with Crippen molar-refractivity contribution in [2.24, 2.45) is 0 Å². The number of carbonyl (C=O) groups excluding carboxylic acids is 1. The summed E-state index contributed by atoms with van der Waals surface area (Å²) >= 11 is 5.74. The van der Waals surface area contributed by atoms with Gasteiger partial charge in [0, 0.05) is 22.5 Å². The van der Waals surface area contributed by atoms with Gasteiger partial charge in [-0.3, -0.25) is 19.1 Å². The molecule has 0 saturated carbocycles. The van der Waals surface area contributed by atoms with Crippen LogP contribution in [0.3, 0.4) is 0 Å². The summed E-state index contributed by atoms with van der Waals surface area (Å²) in [6.45, 7) is 1.38. The molecule has 0 saturated heterocycles. The normalized spacial score (nSPS) is 10.3. The molecule has 104 valence electrons. The van der Waals surface area contributed by atoms with Crippen molar-refractivity contribution in [3.63, 3.8) is 0 Å². The van der Waals surface area contributed by atoms with Crippen molar-refractivity contribution in [3.05, 3.63) is 61.9 Å². The van der Waals surface area contributed by atoms with E-state index in [0.717, 1.165) is 4.57 Å². The zero-order valence-corrected chi connectivity index (χ0v) is 11.4. The summed E-state index contributed by atoms with van der Waals surface area (Å²) in [7, 11) is 0. The Kier molecular flexibility index (Phi) is 4.05. The minimum absolute atomic E-state index is 0.181. The molecule has 2 rings (SSSR count). The first-order chi connectivity index (χ1) is 9.45. The summed E-state index contributed by atoms with van der Waals surface area (Å²) in [5.41, 5.74) is -0.131. The molecule has 0 unspecified atom stereocenters. The fourth-order valence-corrected chi connectivity index (χ4v) is 1.75. The highest BCUT2D eigenvalue weighted by Gasteiger charge is 2.07. The number of halogens is 1. The third kappa shape index (κ3) is 3.36. The first-order valence-corrected chi connectivity index (χ1v) is 6.19. The number of carbonyl (C=O) groups is 1. The Labute approximate surface area is 119 Å². The number of H-pyrrole nitrogens is 1. The first kappa shape index (κ1) is 14.1. The van der Waals surface area contributed by atoms with Gasteiger partial charge < -0.3 is 5.32 Å². The zero-order valence-electron chi connectivity index (χ0n) is 10.6. The summed E-state index contributed by atoms with van der Waals surface area (Å²) in [4.78, 5) is 36.7. The van der Waals surface area contributed by atoms with Crippen LogP contribution in [0.4, 0.5) is 5.69 Å². The van der Waals surface area contributed by atoms with Crippen LogP contribution >= 0.6 is 11.6 Å². The van der Waals surface area contributed by atoms with Crippen molar-refractivity contribution in [2.75, 3.05) is 5.32 Å². The molecule has 0 aliphatic carbocycles. The monoisotopic (exact) mass is 293 g/mol. The lowest BCUT2D eigenvalue weighted by Gasteiger charge is -2.07. The third-order valence-corrected chi connectivity index (χ3v) is 2.88. The minimum Gasteiger partial charge on any atom is -0.325 e. The number of anilines is 1. The van der Waals surface area contributed by atoms with Gasteiger partial charge in [0.25, 0.3) is 5.56 Å². The quantitative estimate of drug-likeness (QED) is 0.890. The Bertz CT molecular complexity index is 747. The molecule has 0 aliphatic rings. The number of nitrogens with one attached hydrogen (secondary N) is 2. The average Bonchev–Trinajstić information content (AvgIpc) is 2.39. The molecule has 0 atom stereocenters. The smallest absolute Gasteiger partial charge is 0.325 e. The molecular formula is C13H12ClN3O3. The molecule has 0 fully saturated rings. The fraction of sp³-hybridized carbons (Fsp3) is 0.154. The Hall–Kier alpha value is -2.34. The zero-order chi connectivity index (χ0) is 14.7. The highest BCUT2D eigenvalue weighted by Crippen LogP contribution is 2.13. The molecule has 0 spiro atoms. The second-order valence-electron chi connectivity index (χ2n) is 4.25.